The molecule has 3 nitrogen and oxygen atoms in total. The first-order chi connectivity index (χ1) is 9.93. The molecule has 0 aliphatic rings. The van der Waals surface area contributed by atoms with Crippen LogP contribution in [0.3, 0.4) is 0 Å². The van der Waals surface area contributed by atoms with E-state index in [9.17, 15) is 0 Å². The molecule has 0 radical (unpaired) electrons. The van der Waals surface area contributed by atoms with Crippen LogP contribution < -0.4 is 5.32 Å². The molecular formula is C18H33N3. The molecule has 0 spiro atoms. The van der Waals surface area contributed by atoms with Gasteiger partial charge in [0.15, 0.2) is 0 Å². The van der Waals surface area contributed by atoms with Crippen molar-refractivity contribution in [2.75, 3.05) is 47.8 Å². The van der Waals surface area contributed by atoms with Gasteiger partial charge in [-0.15, -0.1) is 0 Å². The van der Waals surface area contributed by atoms with Crippen LogP contribution in [0.5, 0.6) is 0 Å². The number of rotatable bonds is 9. The van der Waals surface area contributed by atoms with Crippen molar-refractivity contribution in [3.05, 3.63) is 35.4 Å². The summed E-state index contributed by atoms with van der Waals surface area (Å²) in [5.74, 6) is 0.598. The van der Waals surface area contributed by atoms with Crippen LogP contribution in [0.25, 0.3) is 0 Å². The first kappa shape index (κ1) is 18.1. The SMILES string of the molecule is CNC(CN(C)CCCN(C)C)c1ccc(C(C)C)cc1. The maximum absolute atomic E-state index is 3.45. The van der Waals surface area contributed by atoms with Gasteiger partial charge in [0, 0.05) is 12.6 Å². The van der Waals surface area contributed by atoms with Crippen LogP contribution in [0.2, 0.25) is 0 Å². The number of nitrogens with one attached hydrogen (secondary N) is 1. The lowest BCUT2D eigenvalue weighted by Gasteiger charge is -2.25. The molecule has 3 heteroatoms. The molecule has 0 saturated carbocycles. The van der Waals surface area contributed by atoms with Crippen molar-refractivity contribution in [3.63, 3.8) is 0 Å². The van der Waals surface area contributed by atoms with Crippen LogP contribution in [0.1, 0.15) is 43.4 Å². The second-order valence-electron chi connectivity index (χ2n) is 6.58. The Morgan fingerprint density at radius 1 is 0.952 bits per heavy atom. The first-order valence-electron chi connectivity index (χ1n) is 8.04. The predicted molar refractivity (Wildman–Crippen MR) is 93.0 cm³/mol. The Kier molecular flexibility index (Phi) is 7.94. The van der Waals surface area contributed by atoms with Crippen molar-refractivity contribution in [1.29, 1.82) is 0 Å². The zero-order valence-corrected chi connectivity index (χ0v) is 14.7. The van der Waals surface area contributed by atoms with Gasteiger partial charge in [0.1, 0.15) is 0 Å². The molecule has 0 saturated heterocycles. The molecule has 1 rings (SSSR count). The Bertz CT molecular complexity index is 384. The molecule has 1 unspecified atom stereocenters. The fraction of sp³-hybridized carbons (Fsp3) is 0.667. The lowest BCUT2D eigenvalue weighted by molar-refractivity contribution is 0.275. The normalized spacial score (nSPS) is 13.4. The third-order valence-corrected chi connectivity index (χ3v) is 3.99. The average Bonchev–Trinajstić information content (AvgIpc) is 2.44. The smallest absolute Gasteiger partial charge is 0.0446 e. The van der Waals surface area contributed by atoms with Crippen molar-refractivity contribution in [1.82, 2.24) is 15.1 Å². The van der Waals surface area contributed by atoms with E-state index >= 15 is 0 Å². The fourth-order valence-corrected chi connectivity index (χ4v) is 2.54. The van der Waals surface area contributed by atoms with E-state index in [4.69, 9.17) is 0 Å². The van der Waals surface area contributed by atoms with Crippen LogP contribution in [-0.2, 0) is 0 Å². The van der Waals surface area contributed by atoms with Crippen molar-refractivity contribution in [2.45, 2.75) is 32.2 Å². The summed E-state index contributed by atoms with van der Waals surface area (Å²) < 4.78 is 0. The maximum Gasteiger partial charge on any atom is 0.0446 e. The van der Waals surface area contributed by atoms with E-state index in [0.717, 1.165) is 19.6 Å². The lowest BCUT2D eigenvalue weighted by atomic mass is 9.99. The quantitative estimate of drug-likeness (QED) is 0.754. The fourth-order valence-electron chi connectivity index (χ4n) is 2.54. The summed E-state index contributed by atoms with van der Waals surface area (Å²) in [6.07, 6.45) is 1.21. The van der Waals surface area contributed by atoms with Gasteiger partial charge in [0.2, 0.25) is 0 Å². The lowest BCUT2D eigenvalue weighted by Crippen LogP contribution is -2.32. The highest BCUT2D eigenvalue weighted by Crippen LogP contribution is 2.19. The van der Waals surface area contributed by atoms with Crippen LogP contribution in [0, 0.1) is 0 Å². The Morgan fingerprint density at radius 2 is 1.52 bits per heavy atom. The second kappa shape index (κ2) is 9.19. The van der Waals surface area contributed by atoms with E-state index in [0.29, 0.717) is 12.0 Å². The molecule has 1 aromatic rings. The molecule has 1 N–H and O–H groups in total. The number of hydrogen-bond donors (Lipinski definition) is 1. The largest absolute Gasteiger partial charge is 0.312 e. The molecule has 120 valence electrons. The minimum absolute atomic E-state index is 0.399. The molecule has 0 heterocycles. The molecule has 1 atom stereocenters. The Hall–Kier alpha value is -0.900. The standard InChI is InChI=1S/C18H33N3/c1-15(2)16-8-10-17(11-9-16)18(19-3)14-21(6)13-7-12-20(4)5/h8-11,15,18-19H,7,12-14H2,1-6H3. The van der Waals surface area contributed by atoms with Gasteiger partial charge in [0.25, 0.3) is 0 Å². The number of likely N-dealkylation sites (N-methyl/N-ethyl adjacent to an activating group) is 2. The summed E-state index contributed by atoms with van der Waals surface area (Å²) in [6.45, 7) is 7.81. The predicted octanol–water partition coefficient (Wildman–Crippen LogP) is 2.95. The van der Waals surface area contributed by atoms with Gasteiger partial charge in [0.05, 0.1) is 0 Å². The van der Waals surface area contributed by atoms with E-state index < -0.39 is 0 Å². The molecule has 0 bridgehead atoms. The van der Waals surface area contributed by atoms with Gasteiger partial charge in [-0.2, -0.15) is 0 Å². The van der Waals surface area contributed by atoms with Gasteiger partial charge in [-0.05, 0) is 64.7 Å². The van der Waals surface area contributed by atoms with Gasteiger partial charge in [-0.3, -0.25) is 0 Å². The van der Waals surface area contributed by atoms with E-state index in [2.05, 4.69) is 81.4 Å². The Balaban J connectivity index is 2.53. The van der Waals surface area contributed by atoms with E-state index in [1.165, 1.54) is 17.5 Å². The second-order valence-corrected chi connectivity index (χ2v) is 6.58. The molecule has 0 aliphatic heterocycles. The van der Waals surface area contributed by atoms with Crippen molar-refractivity contribution in [3.8, 4) is 0 Å². The maximum atomic E-state index is 3.45. The highest BCUT2D eigenvalue weighted by Gasteiger charge is 2.12. The number of nitrogens with zero attached hydrogens (tertiary/aromatic N) is 2. The molecule has 0 aromatic heterocycles. The first-order valence-corrected chi connectivity index (χ1v) is 8.04. The molecule has 0 aliphatic carbocycles. The Labute approximate surface area is 131 Å². The number of benzene rings is 1. The summed E-state index contributed by atoms with van der Waals surface area (Å²) in [7, 11) is 8.52. The van der Waals surface area contributed by atoms with Gasteiger partial charge >= 0.3 is 0 Å². The summed E-state index contributed by atoms with van der Waals surface area (Å²) in [6, 6.07) is 9.46. The van der Waals surface area contributed by atoms with E-state index in [1.54, 1.807) is 0 Å². The summed E-state index contributed by atoms with van der Waals surface area (Å²) in [5, 5.41) is 3.45. The van der Waals surface area contributed by atoms with Crippen molar-refractivity contribution >= 4 is 0 Å². The van der Waals surface area contributed by atoms with E-state index in [1.807, 2.05) is 0 Å². The molecule has 0 amide bonds. The molecule has 1 aromatic carbocycles. The monoisotopic (exact) mass is 291 g/mol. The van der Waals surface area contributed by atoms with Crippen LogP contribution in [-0.4, -0.2) is 57.6 Å². The summed E-state index contributed by atoms with van der Waals surface area (Å²) in [5.41, 5.74) is 2.79. The number of hydrogen-bond acceptors (Lipinski definition) is 3. The summed E-state index contributed by atoms with van der Waals surface area (Å²) in [4.78, 5) is 4.66. The zero-order valence-electron chi connectivity index (χ0n) is 14.7. The average molecular weight is 291 g/mol. The third-order valence-electron chi connectivity index (χ3n) is 3.99. The van der Waals surface area contributed by atoms with Gasteiger partial charge < -0.3 is 15.1 Å². The van der Waals surface area contributed by atoms with Crippen LogP contribution in [0.15, 0.2) is 24.3 Å². The minimum Gasteiger partial charge on any atom is -0.312 e. The van der Waals surface area contributed by atoms with E-state index in [-0.39, 0.29) is 0 Å². The zero-order chi connectivity index (χ0) is 15.8. The third kappa shape index (κ3) is 6.60. The topological polar surface area (TPSA) is 18.5 Å². The van der Waals surface area contributed by atoms with Crippen molar-refractivity contribution < 1.29 is 0 Å². The molecular weight excluding hydrogens is 258 g/mol. The Morgan fingerprint density at radius 3 is 2.00 bits per heavy atom. The van der Waals surface area contributed by atoms with Crippen LogP contribution in [0.4, 0.5) is 0 Å². The highest BCUT2D eigenvalue weighted by molar-refractivity contribution is 5.27. The molecule has 0 fully saturated rings. The van der Waals surface area contributed by atoms with Gasteiger partial charge in [-0.1, -0.05) is 38.1 Å². The highest BCUT2D eigenvalue weighted by atomic mass is 15.1. The summed E-state index contributed by atoms with van der Waals surface area (Å²) >= 11 is 0. The van der Waals surface area contributed by atoms with Gasteiger partial charge in [-0.25, -0.2) is 0 Å². The minimum atomic E-state index is 0.399. The molecule has 21 heavy (non-hydrogen) atoms. The van der Waals surface area contributed by atoms with Crippen molar-refractivity contribution in [2.24, 2.45) is 0 Å². The van der Waals surface area contributed by atoms with Crippen LogP contribution >= 0.6 is 0 Å².